The molecule has 0 aliphatic carbocycles. The zero-order valence-electron chi connectivity index (χ0n) is 11.1. The Labute approximate surface area is 137 Å². The van der Waals surface area contributed by atoms with Crippen molar-refractivity contribution in [3.05, 3.63) is 57.0 Å². The normalized spacial score (nSPS) is 17.6. The van der Waals surface area contributed by atoms with E-state index in [1.165, 1.54) is 21.7 Å². The molecule has 0 spiro atoms. The topological polar surface area (TPSA) is 12.0 Å². The lowest BCUT2D eigenvalue weighted by Gasteiger charge is -2.27. The molecule has 1 heterocycles. The van der Waals surface area contributed by atoms with E-state index in [0.717, 1.165) is 21.7 Å². The molecule has 2 aromatic rings. The molecule has 0 amide bonds. The first-order chi connectivity index (χ1) is 9.63. The van der Waals surface area contributed by atoms with E-state index in [1.807, 2.05) is 17.8 Å². The number of anilines is 1. The van der Waals surface area contributed by atoms with Crippen LogP contribution in [-0.4, -0.2) is 5.75 Å². The van der Waals surface area contributed by atoms with Crippen LogP contribution in [0.25, 0.3) is 0 Å². The van der Waals surface area contributed by atoms with Crippen LogP contribution >= 0.6 is 39.3 Å². The first kappa shape index (κ1) is 14.3. The Kier molecular flexibility index (Phi) is 4.29. The maximum atomic E-state index is 6.15. The lowest BCUT2D eigenvalue weighted by atomic mass is 10.0. The van der Waals surface area contributed by atoms with E-state index in [9.17, 15) is 0 Å². The fraction of sp³-hybridized carbons (Fsp3) is 0.250. The van der Waals surface area contributed by atoms with Crippen molar-refractivity contribution in [2.45, 2.75) is 24.3 Å². The highest BCUT2D eigenvalue weighted by Gasteiger charge is 2.21. The van der Waals surface area contributed by atoms with Gasteiger partial charge in [-0.15, -0.1) is 11.8 Å². The van der Waals surface area contributed by atoms with Crippen molar-refractivity contribution in [3.63, 3.8) is 0 Å². The van der Waals surface area contributed by atoms with Crippen LogP contribution in [0.4, 0.5) is 5.69 Å². The second-order valence-corrected chi connectivity index (χ2v) is 7.46. The van der Waals surface area contributed by atoms with Crippen LogP contribution < -0.4 is 5.32 Å². The number of rotatable bonds is 2. The Bertz CT molecular complexity index is 644. The summed E-state index contributed by atoms with van der Waals surface area (Å²) in [5.74, 6) is 1.14. The summed E-state index contributed by atoms with van der Waals surface area (Å²) < 4.78 is 1.11. The zero-order chi connectivity index (χ0) is 14.1. The number of hydrogen-bond donors (Lipinski definition) is 1. The minimum Gasteiger partial charge on any atom is -0.378 e. The van der Waals surface area contributed by atoms with E-state index >= 15 is 0 Å². The average molecular weight is 369 g/mol. The summed E-state index contributed by atoms with van der Waals surface area (Å²) in [7, 11) is 0. The minimum atomic E-state index is 0.338. The van der Waals surface area contributed by atoms with Gasteiger partial charge in [0.25, 0.3) is 0 Å². The second-order valence-electron chi connectivity index (χ2n) is 4.98. The Morgan fingerprint density at radius 3 is 2.90 bits per heavy atom. The van der Waals surface area contributed by atoms with Crippen molar-refractivity contribution < 1.29 is 0 Å². The van der Waals surface area contributed by atoms with Gasteiger partial charge in [0.1, 0.15) is 0 Å². The zero-order valence-corrected chi connectivity index (χ0v) is 14.3. The molecular formula is C16H15BrClNS. The molecule has 104 valence electrons. The molecule has 1 aliphatic rings. The summed E-state index contributed by atoms with van der Waals surface area (Å²) >= 11 is 11.6. The number of hydrogen-bond acceptors (Lipinski definition) is 2. The smallest absolute Gasteiger partial charge is 0.0533 e. The summed E-state index contributed by atoms with van der Waals surface area (Å²) in [5.41, 5.74) is 3.76. The summed E-state index contributed by atoms with van der Waals surface area (Å²) in [6.45, 7) is 2.13. The van der Waals surface area contributed by atoms with Crippen LogP contribution in [0.1, 0.15) is 23.6 Å². The van der Waals surface area contributed by atoms with Gasteiger partial charge in [-0.2, -0.15) is 0 Å². The predicted molar refractivity (Wildman–Crippen MR) is 92.0 cm³/mol. The summed E-state index contributed by atoms with van der Waals surface area (Å²) in [4.78, 5) is 1.34. The highest BCUT2D eigenvalue weighted by Crippen LogP contribution is 2.39. The third-order valence-electron chi connectivity index (χ3n) is 3.53. The van der Waals surface area contributed by atoms with Crippen LogP contribution in [0, 0.1) is 6.92 Å². The van der Waals surface area contributed by atoms with Crippen LogP contribution in [0.5, 0.6) is 0 Å². The average Bonchev–Trinajstić information content (AvgIpc) is 2.42. The minimum absolute atomic E-state index is 0.338. The second kappa shape index (κ2) is 6.00. The number of nitrogens with one attached hydrogen (secondary N) is 1. The van der Waals surface area contributed by atoms with Crippen LogP contribution in [-0.2, 0) is 0 Å². The van der Waals surface area contributed by atoms with Crippen molar-refractivity contribution in [3.8, 4) is 0 Å². The lowest BCUT2D eigenvalue weighted by molar-refractivity contribution is 0.728. The molecule has 20 heavy (non-hydrogen) atoms. The third kappa shape index (κ3) is 3.00. The molecule has 0 fully saturated rings. The van der Waals surface area contributed by atoms with Crippen LogP contribution in [0.3, 0.4) is 0 Å². The standard InChI is InChI=1S/C16H15BrClNS/c1-10-8-11(17)2-4-14(10)19-15-6-7-20-16-5-3-12(18)9-13(15)16/h2-5,8-9,15,19H,6-7H2,1H3. The lowest BCUT2D eigenvalue weighted by Crippen LogP contribution is -2.16. The molecule has 1 unspecified atom stereocenters. The molecule has 0 aromatic heterocycles. The molecule has 0 radical (unpaired) electrons. The van der Waals surface area contributed by atoms with Crippen molar-refractivity contribution >= 4 is 45.0 Å². The van der Waals surface area contributed by atoms with E-state index in [-0.39, 0.29) is 0 Å². The van der Waals surface area contributed by atoms with Crippen molar-refractivity contribution in [2.24, 2.45) is 0 Å². The largest absolute Gasteiger partial charge is 0.378 e. The first-order valence-corrected chi connectivity index (χ1v) is 8.74. The fourth-order valence-electron chi connectivity index (χ4n) is 2.49. The first-order valence-electron chi connectivity index (χ1n) is 6.58. The molecule has 3 rings (SSSR count). The summed E-state index contributed by atoms with van der Waals surface area (Å²) in [6.07, 6.45) is 1.12. The van der Waals surface area contributed by atoms with Gasteiger partial charge in [-0.1, -0.05) is 27.5 Å². The van der Waals surface area contributed by atoms with Gasteiger partial charge >= 0.3 is 0 Å². The van der Waals surface area contributed by atoms with E-state index in [1.54, 1.807) is 0 Å². The van der Waals surface area contributed by atoms with Gasteiger partial charge < -0.3 is 5.32 Å². The fourth-order valence-corrected chi connectivity index (χ4v) is 4.25. The molecule has 2 aromatic carbocycles. The van der Waals surface area contributed by atoms with E-state index in [4.69, 9.17) is 11.6 Å². The van der Waals surface area contributed by atoms with Gasteiger partial charge in [0.15, 0.2) is 0 Å². The maximum Gasteiger partial charge on any atom is 0.0533 e. The van der Waals surface area contributed by atoms with Crippen LogP contribution in [0.15, 0.2) is 45.8 Å². The molecule has 0 bridgehead atoms. The molecular weight excluding hydrogens is 354 g/mol. The van der Waals surface area contributed by atoms with Crippen molar-refractivity contribution in [2.75, 3.05) is 11.1 Å². The Morgan fingerprint density at radius 2 is 2.10 bits per heavy atom. The summed E-state index contributed by atoms with van der Waals surface area (Å²) in [5, 5.41) is 4.48. The maximum absolute atomic E-state index is 6.15. The molecule has 1 atom stereocenters. The van der Waals surface area contributed by atoms with Crippen molar-refractivity contribution in [1.29, 1.82) is 0 Å². The van der Waals surface area contributed by atoms with Gasteiger partial charge in [0.05, 0.1) is 6.04 Å². The van der Waals surface area contributed by atoms with Crippen molar-refractivity contribution in [1.82, 2.24) is 0 Å². The third-order valence-corrected chi connectivity index (χ3v) is 5.38. The van der Waals surface area contributed by atoms with Gasteiger partial charge in [0.2, 0.25) is 0 Å². The highest BCUT2D eigenvalue weighted by atomic mass is 79.9. The van der Waals surface area contributed by atoms with Gasteiger partial charge in [-0.05, 0) is 60.9 Å². The molecule has 4 heteroatoms. The number of fused-ring (bicyclic) bond motifs is 1. The highest BCUT2D eigenvalue weighted by molar-refractivity contribution is 9.10. The molecule has 1 aliphatic heterocycles. The van der Waals surface area contributed by atoms with E-state index in [0.29, 0.717) is 6.04 Å². The molecule has 1 nitrogen and oxygen atoms in total. The Hall–Kier alpha value is -0.640. The monoisotopic (exact) mass is 367 g/mol. The van der Waals surface area contributed by atoms with E-state index < -0.39 is 0 Å². The predicted octanol–water partition coefficient (Wildman–Crippen LogP) is 6.06. The Balaban J connectivity index is 1.91. The van der Waals surface area contributed by atoms with Gasteiger partial charge in [-0.3, -0.25) is 0 Å². The van der Waals surface area contributed by atoms with Gasteiger partial charge in [-0.25, -0.2) is 0 Å². The SMILES string of the molecule is Cc1cc(Br)ccc1NC1CCSc2ccc(Cl)cc21. The quantitative estimate of drug-likeness (QED) is 0.691. The Morgan fingerprint density at radius 1 is 1.25 bits per heavy atom. The molecule has 0 saturated heterocycles. The number of halogens is 2. The summed E-state index contributed by atoms with van der Waals surface area (Å²) in [6, 6.07) is 12.9. The number of benzene rings is 2. The van der Waals surface area contributed by atoms with Gasteiger partial charge in [0, 0.05) is 25.8 Å². The number of thioether (sulfide) groups is 1. The molecule has 0 saturated carbocycles. The molecule has 1 N–H and O–H groups in total. The number of aryl methyl sites for hydroxylation is 1. The van der Waals surface area contributed by atoms with E-state index in [2.05, 4.69) is 58.5 Å². The van der Waals surface area contributed by atoms with Crippen LogP contribution in [0.2, 0.25) is 5.02 Å².